The second kappa shape index (κ2) is 8.41. The van der Waals surface area contributed by atoms with Gasteiger partial charge in [0.1, 0.15) is 17.6 Å². The number of halogens is 1. The van der Waals surface area contributed by atoms with Gasteiger partial charge in [-0.3, -0.25) is 0 Å². The third-order valence-corrected chi connectivity index (χ3v) is 4.70. The molecule has 2 aromatic carbocycles. The van der Waals surface area contributed by atoms with E-state index in [1.807, 2.05) is 24.3 Å². The van der Waals surface area contributed by atoms with Gasteiger partial charge in [-0.25, -0.2) is 0 Å². The highest BCUT2D eigenvalue weighted by atomic mass is 35.5. The van der Waals surface area contributed by atoms with E-state index in [0.29, 0.717) is 6.04 Å². The maximum Gasteiger partial charge on any atom is 0.125 e. The van der Waals surface area contributed by atoms with Crippen LogP contribution in [0.4, 0.5) is 0 Å². The maximum atomic E-state index is 6.36. The van der Waals surface area contributed by atoms with Gasteiger partial charge in [-0.2, -0.15) is 0 Å². The van der Waals surface area contributed by atoms with Gasteiger partial charge in [0.05, 0.1) is 7.11 Å². The zero-order valence-electron chi connectivity index (χ0n) is 14.6. The first-order valence-corrected chi connectivity index (χ1v) is 8.22. The zero-order valence-corrected chi connectivity index (χ0v) is 15.4. The van der Waals surface area contributed by atoms with Gasteiger partial charge in [-0.1, -0.05) is 24.3 Å². The lowest BCUT2D eigenvalue weighted by Crippen LogP contribution is -2.30. The molecule has 2 atom stereocenters. The van der Waals surface area contributed by atoms with Crippen molar-refractivity contribution in [2.45, 2.75) is 31.4 Å². The van der Waals surface area contributed by atoms with Gasteiger partial charge >= 0.3 is 0 Å². The highest BCUT2D eigenvalue weighted by molar-refractivity contribution is 5.85. The van der Waals surface area contributed by atoms with E-state index >= 15 is 0 Å². The predicted octanol–water partition coefficient (Wildman–Crippen LogP) is 4.50. The molecule has 0 fully saturated rings. The van der Waals surface area contributed by atoms with Gasteiger partial charge in [0, 0.05) is 12.5 Å². The molecule has 0 spiro atoms. The minimum atomic E-state index is 0. The Labute approximate surface area is 151 Å². The standard InChI is InChI=1S/C20H25NO2.ClH/c1-21(2)16-9-8-15-6-4-5-7-19(15)20(14-16)23-18-12-10-17(22-3)11-13-18;/h4-7,10-13,16,20H,8-9,14H2,1-3H3;1H. The molecular formula is C20H26ClNO2. The summed E-state index contributed by atoms with van der Waals surface area (Å²) in [4.78, 5) is 2.32. The Balaban J connectivity index is 0.00000208. The van der Waals surface area contributed by atoms with Gasteiger partial charge in [0.25, 0.3) is 0 Å². The normalized spacial score (nSPS) is 19.8. The Bertz CT molecular complexity index is 642. The molecule has 3 rings (SSSR count). The molecule has 1 aliphatic carbocycles. The van der Waals surface area contributed by atoms with E-state index in [1.165, 1.54) is 17.5 Å². The Hall–Kier alpha value is -1.71. The van der Waals surface area contributed by atoms with Crippen molar-refractivity contribution in [2.24, 2.45) is 0 Å². The number of aryl methyl sites for hydroxylation is 1. The molecule has 0 aliphatic heterocycles. The molecule has 0 saturated heterocycles. The van der Waals surface area contributed by atoms with E-state index in [9.17, 15) is 0 Å². The molecule has 1 aliphatic rings. The third-order valence-electron chi connectivity index (χ3n) is 4.70. The van der Waals surface area contributed by atoms with Crippen LogP contribution in [0.1, 0.15) is 30.1 Å². The van der Waals surface area contributed by atoms with Crippen LogP contribution in [-0.2, 0) is 6.42 Å². The lowest BCUT2D eigenvalue weighted by molar-refractivity contribution is 0.146. The van der Waals surface area contributed by atoms with Crippen molar-refractivity contribution in [3.63, 3.8) is 0 Å². The summed E-state index contributed by atoms with van der Waals surface area (Å²) in [6, 6.07) is 17.1. The van der Waals surface area contributed by atoms with E-state index in [1.54, 1.807) is 7.11 Å². The number of benzene rings is 2. The molecule has 0 N–H and O–H groups in total. The van der Waals surface area contributed by atoms with Crippen LogP contribution >= 0.6 is 12.4 Å². The smallest absolute Gasteiger partial charge is 0.125 e. The summed E-state index contributed by atoms with van der Waals surface area (Å²) in [5.74, 6) is 1.75. The first kappa shape index (κ1) is 18.6. The first-order valence-electron chi connectivity index (χ1n) is 8.22. The summed E-state index contributed by atoms with van der Waals surface area (Å²) in [5.41, 5.74) is 2.74. The van der Waals surface area contributed by atoms with Crippen molar-refractivity contribution in [2.75, 3.05) is 21.2 Å². The largest absolute Gasteiger partial charge is 0.497 e. The lowest BCUT2D eigenvalue weighted by Gasteiger charge is -2.27. The fourth-order valence-electron chi connectivity index (χ4n) is 3.29. The van der Waals surface area contributed by atoms with Crippen molar-refractivity contribution >= 4 is 12.4 Å². The topological polar surface area (TPSA) is 21.7 Å². The second-order valence-corrected chi connectivity index (χ2v) is 6.37. The predicted molar refractivity (Wildman–Crippen MR) is 100 cm³/mol. The van der Waals surface area contributed by atoms with Gasteiger partial charge < -0.3 is 14.4 Å². The number of rotatable bonds is 4. The van der Waals surface area contributed by atoms with Crippen molar-refractivity contribution in [1.82, 2.24) is 4.90 Å². The monoisotopic (exact) mass is 347 g/mol. The summed E-state index contributed by atoms with van der Waals surface area (Å²) in [6.07, 6.45) is 3.39. The van der Waals surface area contributed by atoms with Crippen LogP contribution in [0.5, 0.6) is 11.5 Å². The van der Waals surface area contributed by atoms with Crippen LogP contribution in [-0.4, -0.2) is 32.1 Å². The average molecular weight is 348 g/mol. The summed E-state index contributed by atoms with van der Waals surface area (Å²) >= 11 is 0. The SMILES string of the molecule is COc1ccc(OC2CC(N(C)C)CCc3ccccc32)cc1.Cl. The molecule has 0 amide bonds. The Morgan fingerprint density at radius 2 is 1.62 bits per heavy atom. The van der Waals surface area contributed by atoms with Gasteiger partial charge in [-0.15, -0.1) is 12.4 Å². The van der Waals surface area contributed by atoms with Crippen molar-refractivity contribution in [3.05, 3.63) is 59.7 Å². The molecule has 0 saturated carbocycles. The van der Waals surface area contributed by atoms with Crippen LogP contribution in [0, 0.1) is 0 Å². The fraction of sp³-hybridized carbons (Fsp3) is 0.400. The summed E-state index contributed by atoms with van der Waals surface area (Å²) in [6.45, 7) is 0. The van der Waals surface area contributed by atoms with Crippen molar-refractivity contribution in [1.29, 1.82) is 0 Å². The fourth-order valence-corrected chi connectivity index (χ4v) is 3.29. The quantitative estimate of drug-likeness (QED) is 0.760. The molecule has 0 aromatic heterocycles. The van der Waals surface area contributed by atoms with E-state index in [0.717, 1.165) is 24.3 Å². The molecule has 0 heterocycles. The molecule has 2 unspecified atom stereocenters. The average Bonchev–Trinajstić information content (AvgIpc) is 2.76. The van der Waals surface area contributed by atoms with Crippen LogP contribution in [0.3, 0.4) is 0 Å². The van der Waals surface area contributed by atoms with Crippen LogP contribution < -0.4 is 9.47 Å². The number of hydrogen-bond donors (Lipinski definition) is 0. The molecular weight excluding hydrogens is 322 g/mol. The maximum absolute atomic E-state index is 6.36. The highest BCUT2D eigenvalue weighted by Gasteiger charge is 2.26. The number of fused-ring (bicyclic) bond motifs is 1. The Morgan fingerprint density at radius 3 is 2.29 bits per heavy atom. The molecule has 3 nitrogen and oxygen atoms in total. The van der Waals surface area contributed by atoms with Crippen LogP contribution in [0.15, 0.2) is 48.5 Å². The van der Waals surface area contributed by atoms with Crippen LogP contribution in [0.2, 0.25) is 0 Å². The second-order valence-electron chi connectivity index (χ2n) is 6.37. The molecule has 130 valence electrons. The minimum Gasteiger partial charge on any atom is -0.497 e. The van der Waals surface area contributed by atoms with Crippen molar-refractivity contribution in [3.8, 4) is 11.5 Å². The summed E-state index contributed by atoms with van der Waals surface area (Å²) < 4.78 is 11.6. The van der Waals surface area contributed by atoms with Crippen molar-refractivity contribution < 1.29 is 9.47 Å². The van der Waals surface area contributed by atoms with E-state index in [4.69, 9.17) is 9.47 Å². The van der Waals surface area contributed by atoms with Gasteiger partial charge in [-0.05, 0) is 62.3 Å². The number of hydrogen-bond acceptors (Lipinski definition) is 3. The molecule has 4 heteroatoms. The molecule has 0 radical (unpaired) electrons. The summed E-state index contributed by atoms with van der Waals surface area (Å²) in [5, 5.41) is 0. The van der Waals surface area contributed by atoms with E-state index < -0.39 is 0 Å². The molecule has 0 bridgehead atoms. The first-order chi connectivity index (χ1) is 11.2. The molecule has 24 heavy (non-hydrogen) atoms. The number of ether oxygens (including phenoxy) is 2. The molecule has 2 aromatic rings. The Morgan fingerprint density at radius 1 is 0.958 bits per heavy atom. The van der Waals surface area contributed by atoms with E-state index in [-0.39, 0.29) is 18.5 Å². The van der Waals surface area contributed by atoms with Crippen LogP contribution in [0.25, 0.3) is 0 Å². The lowest BCUT2D eigenvalue weighted by atomic mass is 10.0. The number of nitrogens with zero attached hydrogens (tertiary/aromatic N) is 1. The highest BCUT2D eigenvalue weighted by Crippen LogP contribution is 2.34. The zero-order chi connectivity index (χ0) is 16.2. The van der Waals surface area contributed by atoms with Gasteiger partial charge in [0.2, 0.25) is 0 Å². The summed E-state index contributed by atoms with van der Waals surface area (Å²) in [7, 11) is 6.00. The van der Waals surface area contributed by atoms with E-state index in [2.05, 4.69) is 43.3 Å². The third kappa shape index (κ3) is 4.22. The number of methoxy groups -OCH3 is 1. The Kier molecular flexibility index (Phi) is 6.52. The minimum absolute atomic E-state index is 0. The van der Waals surface area contributed by atoms with Gasteiger partial charge in [0.15, 0.2) is 0 Å².